The molecular weight excluding hydrogens is 392 g/mol. The summed E-state index contributed by atoms with van der Waals surface area (Å²) in [5.41, 5.74) is 1.11. The summed E-state index contributed by atoms with van der Waals surface area (Å²) < 4.78 is 57.8. The summed E-state index contributed by atoms with van der Waals surface area (Å²) in [6.07, 6.45) is -2.07. The fourth-order valence-corrected chi connectivity index (χ4v) is 2.60. The monoisotopic (exact) mass is 398 g/mol. The molecule has 7 nitrogen and oxygen atoms in total. The Morgan fingerprint density at radius 1 is 1.15 bits per heavy atom. The third-order valence-electron chi connectivity index (χ3n) is 3.68. The van der Waals surface area contributed by atoms with Gasteiger partial charge in [-0.1, -0.05) is 28.9 Å². The normalized spacial score (nSPS) is 12.0. The molecule has 3 heterocycles. The second kappa shape index (κ2) is 6.27. The number of hydrogen-bond acceptors (Lipinski definition) is 6. The van der Waals surface area contributed by atoms with Crippen LogP contribution in [0.1, 0.15) is 11.5 Å². The quantitative estimate of drug-likeness (QED) is 0.386. The molecule has 0 aliphatic carbocycles. The van der Waals surface area contributed by atoms with Crippen molar-refractivity contribution in [2.75, 3.05) is 0 Å². The summed E-state index contributed by atoms with van der Waals surface area (Å²) in [5.74, 6) is -2.52. The first-order chi connectivity index (χ1) is 12.8. The molecule has 3 aromatic heterocycles. The van der Waals surface area contributed by atoms with Crippen LogP contribution in [-0.4, -0.2) is 29.7 Å². The van der Waals surface area contributed by atoms with Gasteiger partial charge in [0.25, 0.3) is 0 Å². The van der Waals surface area contributed by atoms with E-state index in [1.165, 1.54) is 24.8 Å². The van der Waals surface area contributed by atoms with E-state index in [4.69, 9.17) is 11.6 Å². The predicted molar refractivity (Wildman–Crippen MR) is 84.1 cm³/mol. The van der Waals surface area contributed by atoms with Crippen LogP contribution >= 0.6 is 11.6 Å². The van der Waals surface area contributed by atoms with Crippen molar-refractivity contribution in [3.05, 3.63) is 53.3 Å². The second-order valence-electron chi connectivity index (χ2n) is 5.44. The molecule has 0 bridgehead atoms. The number of fused-ring (bicyclic) bond motifs is 1. The van der Waals surface area contributed by atoms with Crippen molar-refractivity contribution in [1.82, 2.24) is 29.7 Å². The molecule has 4 aromatic rings. The van der Waals surface area contributed by atoms with Crippen LogP contribution in [0.25, 0.3) is 22.6 Å². The fourth-order valence-electron chi connectivity index (χ4n) is 2.42. The van der Waals surface area contributed by atoms with Crippen molar-refractivity contribution in [2.24, 2.45) is 0 Å². The highest BCUT2D eigenvalue weighted by atomic mass is 35.5. The average Bonchev–Trinajstić information content (AvgIpc) is 3.25. The van der Waals surface area contributed by atoms with Crippen molar-refractivity contribution in [3.8, 4) is 11.4 Å². The molecule has 27 heavy (non-hydrogen) atoms. The number of benzene rings is 1. The maximum atomic E-state index is 14.4. The lowest BCUT2D eigenvalue weighted by atomic mass is 10.1. The highest BCUT2D eigenvalue weighted by Crippen LogP contribution is 2.30. The zero-order chi connectivity index (χ0) is 19.2. The first-order valence-electron chi connectivity index (χ1n) is 7.34. The summed E-state index contributed by atoms with van der Waals surface area (Å²) in [7, 11) is 0. The van der Waals surface area contributed by atoms with E-state index in [-0.39, 0.29) is 28.6 Å². The molecule has 0 fully saturated rings. The van der Waals surface area contributed by atoms with Gasteiger partial charge in [0.2, 0.25) is 5.82 Å². The number of rotatable bonds is 3. The van der Waals surface area contributed by atoms with Crippen LogP contribution < -0.4 is 0 Å². The van der Waals surface area contributed by atoms with Gasteiger partial charge in [0.15, 0.2) is 10.8 Å². The van der Waals surface area contributed by atoms with Gasteiger partial charge in [-0.25, -0.2) is 19.3 Å². The SMILES string of the molecule is Fc1cc(-c2noc(C(F)(F)F)n2)ccc1Cn1cnc2c(Cl)ncnc21. The van der Waals surface area contributed by atoms with E-state index in [1.54, 1.807) is 4.57 Å². The Bertz CT molecular complexity index is 1140. The van der Waals surface area contributed by atoms with Crippen molar-refractivity contribution in [2.45, 2.75) is 12.7 Å². The zero-order valence-electron chi connectivity index (χ0n) is 13.1. The summed E-state index contributed by atoms with van der Waals surface area (Å²) in [6, 6.07) is 3.83. The summed E-state index contributed by atoms with van der Waals surface area (Å²) in [4.78, 5) is 15.2. The Balaban J connectivity index is 1.64. The summed E-state index contributed by atoms with van der Waals surface area (Å²) in [5, 5.41) is 3.40. The molecule has 0 radical (unpaired) electrons. The van der Waals surface area contributed by atoms with Crippen LogP contribution in [-0.2, 0) is 12.7 Å². The molecule has 0 amide bonds. The molecule has 0 aliphatic rings. The van der Waals surface area contributed by atoms with Crippen LogP contribution in [0.15, 0.2) is 35.4 Å². The minimum atomic E-state index is -4.77. The average molecular weight is 399 g/mol. The Morgan fingerprint density at radius 2 is 1.96 bits per heavy atom. The number of alkyl halides is 3. The first-order valence-corrected chi connectivity index (χ1v) is 7.72. The summed E-state index contributed by atoms with van der Waals surface area (Å²) >= 11 is 5.92. The molecule has 138 valence electrons. The van der Waals surface area contributed by atoms with Gasteiger partial charge >= 0.3 is 12.1 Å². The van der Waals surface area contributed by atoms with Crippen molar-refractivity contribution < 1.29 is 22.1 Å². The second-order valence-corrected chi connectivity index (χ2v) is 5.79. The van der Waals surface area contributed by atoms with E-state index in [0.717, 1.165) is 6.07 Å². The van der Waals surface area contributed by atoms with Crippen molar-refractivity contribution >= 4 is 22.8 Å². The zero-order valence-corrected chi connectivity index (χ0v) is 13.8. The topological polar surface area (TPSA) is 82.5 Å². The van der Waals surface area contributed by atoms with Gasteiger partial charge in [-0.15, -0.1) is 0 Å². The number of halogens is 5. The molecule has 1 aromatic carbocycles. The van der Waals surface area contributed by atoms with Crippen molar-refractivity contribution in [3.63, 3.8) is 0 Å². The lowest BCUT2D eigenvalue weighted by Gasteiger charge is -2.06. The van der Waals surface area contributed by atoms with E-state index < -0.39 is 17.9 Å². The van der Waals surface area contributed by atoms with E-state index in [0.29, 0.717) is 11.2 Å². The lowest BCUT2D eigenvalue weighted by Crippen LogP contribution is -2.05. The van der Waals surface area contributed by atoms with Crippen LogP contribution in [0.5, 0.6) is 0 Å². The molecule has 0 N–H and O–H groups in total. The van der Waals surface area contributed by atoms with Crippen LogP contribution in [0, 0.1) is 5.82 Å². The third kappa shape index (κ3) is 3.21. The number of aromatic nitrogens is 6. The Hall–Kier alpha value is -3.08. The first kappa shape index (κ1) is 17.3. The smallest absolute Gasteiger partial charge is 0.329 e. The van der Waals surface area contributed by atoms with Gasteiger partial charge in [0, 0.05) is 11.1 Å². The molecule has 0 unspecified atom stereocenters. The molecule has 12 heteroatoms. The van der Waals surface area contributed by atoms with E-state index >= 15 is 0 Å². The molecule has 0 atom stereocenters. The highest BCUT2D eigenvalue weighted by molar-refractivity contribution is 6.33. The minimum Gasteiger partial charge on any atom is -0.329 e. The third-order valence-corrected chi connectivity index (χ3v) is 3.95. The highest BCUT2D eigenvalue weighted by Gasteiger charge is 2.38. The van der Waals surface area contributed by atoms with Crippen molar-refractivity contribution in [1.29, 1.82) is 0 Å². The molecular formula is C15H7ClF4N6O. The Kier molecular flexibility index (Phi) is 4.02. The molecule has 0 saturated carbocycles. The van der Waals surface area contributed by atoms with Gasteiger partial charge in [0.05, 0.1) is 12.9 Å². The standard InChI is InChI=1S/C15H7ClF4N6O/c16-11-10-13(22-5-21-11)26(6-23-10)4-8-2-1-7(3-9(8)17)12-24-14(27-25-12)15(18,19)20/h1-3,5-6H,4H2. The number of hydrogen-bond donors (Lipinski definition) is 0. The van der Waals surface area contributed by atoms with E-state index in [9.17, 15) is 17.6 Å². The molecule has 0 saturated heterocycles. The largest absolute Gasteiger partial charge is 0.471 e. The fraction of sp³-hybridized carbons (Fsp3) is 0.133. The van der Waals surface area contributed by atoms with Gasteiger partial charge in [0.1, 0.15) is 17.7 Å². The minimum absolute atomic E-state index is 0.0522. The lowest BCUT2D eigenvalue weighted by molar-refractivity contribution is -0.159. The molecule has 0 spiro atoms. The van der Waals surface area contributed by atoms with E-state index in [1.807, 2.05) is 0 Å². The van der Waals surface area contributed by atoms with Crippen LogP contribution in [0.2, 0.25) is 5.15 Å². The predicted octanol–water partition coefficient (Wildman–Crippen LogP) is 3.74. The maximum absolute atomic E-state index is 14.4. The van der Waals surface area contributed by atoms with Crippen LogP contribution in [0.3, 0.4) is 0 Å². The number of imidazole rings is 1. The van der Waals surface area contributed by atoms with Gasteiger partial charge in [-0.2, -0.15) is 18.2 Å². The van der Waals surface area contributed by atoms with Crippen LogP contribution in [0.4, 0.5) is 17.6 Å². The Labute approximate surface area is 152 Å². The molecule has 4 rings (SSSR count). The molecule has 0 aliphatic heterocycles. The number of nitrogens with zero attached hydrogens (tertiary/aromatic N) is 6. The van der Waals surface area contributed by atoms with Gasteiger partial charge in [-0.05, 0) is 6.07 Å². The Morgan fingerprint density at radius 3 is 2.67 bits per heavy atom. The summed E-state index contributed by atoms with van der Waals surface area (Å²) in [6.45, 7) is 0.0794. The maximum Gasteiger partial charge on any atom is 0.471 e. The van der Waals surface area contributed by atoms with Gasteiger partial charge < -0.3 is 9.09 Å². The van der Waals surface area contributed by atoms with E-state index in [2.05, 4.69) is 29.6 Å². The van der Waals surface area contributed by atoms with Gasteiger partial charge in [-0.3, -0.25) is 0 Å².